The van der Waals surface area contributed by atoms with Gasteiger partial charge in [-0.15, -0.1) is 0 Å². The maximum absolute atomic E-state index is 5.95. The van der Waals surface area contributed by atoms with Gasteiger partial charge in [0.1, 0.15) is 12.1 Å². The molecule has 1 saturated heterocycles. The first-order valence-electron chi connectivity index (χ1n) is 5.98. The molecule has 2 N–H and O–H groups in total. The summed E-state index contributed by atoms with van der Waals surface area (Å²) in [6, 6.07) is 2.34. The van der Waals surface area contributed by atoms with E-state index in [1.54, 1.807) is 10.8 Å². The minimum Gasteiger partial charge on any atom is -0.355 e. The molecule has 1 aliphatic rings. The van der Waals surface area contributed by atoms with Crippen LogP contribution in [0.4, 0.5) is 5.82 Å². The first-order chi connectivity index (χ1) is 8.28. The van der Waals surface area contributed by atoms with Crippen LogP contribution >= 0.6 is 0 Å². The number of nitrogens with two attached hydrogens (primary N) is 1. The normalized spacial score (nSPS) is 20.4. The summed E-state index contributed by atoms with van der Waals surface area (Å²) in [6.45, 7) is 3.94. The Hall–Kier alpha value is -1.69. The minimum atomic E-state index is 0.256. The third-order valence-electron chi connectivity index (χ3n) is 3.20. The van der Waals surface area contributed by atoms with Crippen molar-refractivity contribution in [2.24, 2.45) is 5.73 Å². The van der Waals surface area contributed by atoms with Gasteiger partial charge in [0, 0.05) is 30.9 Å². The first-order valence-corrected chi connectivity index (χ1v) is 5.98. The number of aryl methyl sites for hydroxylation is 1. The number of anilines is 1. The van der Waals surface area contributed by atoms with Crippen molar-refractivity contribution in [1.82, 2.24) is 19.6 Å². The van der Waals surface area contributed by atoms with E-state index in [4.69, 9.17) is 5.73 Å². The summed E-state index contributed by atoms with van der Waals surface area (Å²) in [5.41, 5.74) is 6.99. The minimum absolute atomic E-state index is 0.256. The molecule has 0 amide bonds. The summed E-state index contributed by atoms with van der Waals surface area (Å²) in [5.74, 6) is 1.72. The number of fused-ring (bicyclic) bond motifs is 1. The van der Waals surface area contributed by atoms with Gasteiger partial charge in [-0.1, -0.05) is 6.92 Å². The highest BCUT2D eigenvalue weighted by atomic mass is 15.4. The van der Waals surface area contributed by atoms with Gasteiger partial charge in [-0.3, -0.25) is 0 Å². The third-order valence-corrected chi connectivity index (χ3v) is 3.20. The Balaban J connectivity index is 2.10. The number of nitrogens with zero attached hydrogens (tertiary/aromatic N) is 5. The highest BCUT2D eigenvalue weighted by Crippen LogP contribution is 2.20. The fourth-order valence-electron chi connectivity index (χ4n) is 2.25. The van der Waals surface area contributed by atoms with Crippen molar-refractivity contribution in [2.45, 2.75) is 25.8 Å². The molecule has 0 saturated carbocycles. The molecule has 0 spiro atoms. The fraction of sp³-hybridized carbons (Fsp3) is 0.545. The average molecular weight is 232 g/mol. The van der Waals surface area contributed by atoms with Crippen LogP contribution in [0.3, 0.4) is 0 Å². The third kappa shape index (κ3) is 1.74. The fourth-order valence-corrected chi connectivity index (χ4v) is 2.25. The van der Waals surface area contributed by atoms with E-state index < -0.39 is 0 Å². The molecule has 0 aliphatic carbocycles. The summed E-state index contributed by atoms with van der Waals surface area (Å²) in [5, 5.41) is 4.22. The van der Waals surface area contributed by atoms with Gasteiger partial charge in [-0.25, -0.2) is 4.98 Å². The summed E-state index contributed by atoms with van der Waals surface area (Å²) < 4.78 is 1.79. The van der Waals surface area contributed by atoms with E-state index in [9.17, 15) is 0 Å². The van der Waals surface area contributed by atoms with Crippen LogP contribution < -0.4 is 10.6 Å². The molecule has 6 nitrogen and oxygen atoms in total. The lowest BCUT2D eigenvalue weighted by Crippen LogP contribution is -2.28. The van der Waals surface area contributed by atoms with E-state index in [0.29, 0.717) is 5.78 Å². The number of aromatic nitrogens is 4. The van der Waals surface area contributed by atoms with E-state index in [-0.39, 0.29) is 6.04 Å². The zero-order chi connectivity index (χ0) is 11.8. The lowest BCUT2D eigenvalue weighted by molar-refractivity contribution is 0.749. The highest BCUT2D eigenvalue weighted by Gasteiger charge is 2.22. The predicted octanol–water partition coefficient (Wildman–Crippen LogP) is 0.224. The lowest BCUT2D eigenvalue weighted by atomic mass is 10.3. The molecule has 1 atom stereocenters. The Morgan fingerprint density at radius 2 is 2.41 bits per heavy atom. The van der Waals surface area contributed by atoms with Crippen LogP contribution in [0, 0.1) is 0 Å². The maximum Gasteiger partial charge on any atom is 0.254 e. The van der Waals surface area contributed by atoms with Gasteiger partial charge >= 0.3 is 0 Å². The van der Waals surface area contributed by atoms with Crippen molar-refractivity contribution in [3.8, 4) is 0 Å². The van der Waals surface area contributed by atoms with Gasteiger partial charge in [-0.2, -0.15) is 14.6 Å². The Bertz CT molecular complexity index is 534. The summed E-state index contributed by atoms with van der Waals surface area (Å²) in [4.78, 5) is 10.9. The second kappa shape index (κ2) is 3.96. The van der Waals surface area contributed by atoms with Gasteiger partial charge < -0.3 is 10.6 Å². The second-order valence-corrected chi connectivity index (χ2v) is 4.43. The lowest BCUT2D eigenvalue weighted by Gasteiger charge is -2.19. The topological polar surface area (TPSA) is 72.3 Å². The van der Waals surface area contributed by atoms with Crippen LogP contribution in [0.5, 0.6) is 0 Å². The van der Waals surface area contributed by atoms with Crippen LogP contribution in [-0.2, 0) is 6.42 Å². The average Bonchev–Trinajstić information content (AvgIpc) is 2.95. The summed E-state index contributed by atoms with van der Waals surface area (Å²) >= 11 is 0. The van der Waals surface area contributed by atoms with E-state index >= 15 is 0 Å². The molecule has 3 heterocycles. The molecule has 2 aromatic rings. The van der Waals surface area contributed by atoms with E-state index in [2.05, 4.69) is 33.0 Å². The summed E-state index contributed by atoms with van der Waals surface area (Å²) in [6.07, 6.45) is 3.47. The van der Waals surface area contributed by atoms with Crippen molar-refractivity contribution in [3.63, 3.8) is 0 Å². The van der Waals surface area contributed by atoms with Gasteiger partial charge in [0.25, 0.3) is 5.78 Å². The Labute approximate surface area is 99.5 Å². The highest BCUT2D eigenvalue weighted by molar-refractivity contribution is 5.48. The molecule has 1 fully saturated rings. The zero-order valence-electron chi connectivity index (χ0n) is 9.87. The molecule has 3 rings (SSSR count). The van der Waals surface area contributed by atoms with Crippen LogP contribution in [0.1, 0.15) is 19.0 Å². The van der Waals surface area contributed by atoms with Gasteiger partial charge in [-0.05, 0) is 12.8 Å². The molecule has 90 valence electrons. The van der Waals surface area contributed by atoms with E-state index in [1.165, 1.54) is 0 Å². The second-order valence-electron chi connectivity index (χ2n) is 4.43. The Kier molecular flexibility index (Phi) is 2.44. The Morgan fingerprint density at radius 1 is 1.53 bits per heavy atom. The summed E-state index contributed by atoms with van der Waals surface area (Å²) in [7, 11) is 0. The van der Waals surface area contributed by atoms with Crippen LogP contribution in [0.25, 0.3) is 5.78 Å². The molecule has 0 radical (unpaired) electrons. The van der Waals surface area contributed by atoms with Crippen molar-refractivity contribution >= 4 is 11.6 Å². The molecule has 1 aliphatic heterocycles. The molecular formula is C11H16N6. The largest absolute Gasteiger partial charge is 0.355 e. The Morgan fingerprint density at radius 3 is 3.12 bits per heavy atom. The number of rotatable bonds is 2. The van der Waals surface area contributed by atoms with Crippen molar-refractivity contribution in [2.75, 3.05) is 18.0 Å². The SMILES string of the molecule is CCc1cc(N2CC[C@H](N)C2)n2ncnc2n1. The van der Waals surface area contributed by atoms with E-state index in [1.807, 2.05) is 0 Å². The molecule has 0 bridgehead atoms. The van der Waals surface area contributed by atoms with Gasteiger partial charge in [0.2, 0.25) is 0 Å². The van der Waals surface area contributed by atoms with Crippen LogP contribution in [0.15, 0.2) is 12.4 Å². The maximum atomic E-state index is 5.95. The molecule has 0 aromatic carbocycles. The molecule has 0 unspecified atom stereocenters. The zero-order valence-corrected chi connectivity index (χ0v) is 9.87. The standard InChI is InChI=1S/C11H16N6/c1-2-9-5-10(16-4-3-8(12)6-16)17-11(15-9)13-7-14-17/h5,7-8H,2-4,6,12H2,1H3/t8-/m0/s1. The quantitative estimate of drug-likeness (QED) is 0.802. The van der Waals surface area contributed by atoms with Crippen molar-refractivity contribution < 1.29 is 0 Å². The van der Waals surface area contributed by atoms with Gasteiger partial charge in [0.15, 0.2) is 0 Å². The molecule has 2 aromatic heterocycles. The molecule has 6 heteroatoms. The van der Waals surface area contributed by atoms with Crippen molar-refractivity contribution in [3.05, 3.63) is 18.1 Å². The number of hydrogen-bond acceptors (Lipinski definition) is 5. The first kappa shape index (κ1) is 10.5. The monoisotopic (exact) mass is 232 g/mol. The molecule has 17 heavy (non-hydrogen) atoms. The van der Waals surface area contributed by atoms with Crippen LogP contribution in [0.2, 0.25) is 0 Å². The predicted molar refractivity (Wildman–Crippen MR) is 65.0 cm³/mol. The van der Waals surface area contributed by atoms with E-state index in [0.717, 1.165) is 37.4 Å². The van der Waals surface area contributed by atoms with Crippen LogP contribution in [-0.4, -0.2) is 38.7 Å². The number of hydrogen-bond donors (Lipinski definition) is 1. The molecular weight excluding hydrogens is 216 g/mol. The van der Waals surface area contributed by atoms with Gasteiger partial charge in [0.05, 0.1) is 0 Å². The van der Waals surface area contributed by atoms with Crippen molar-refractivity contribution in [1.29, 1.82) is 0 Å². The smallest absolute Gasteiger partial charge is 0.254 e.